The van der Waals surface area contributed by atoms with E-state index in [1.807, 2.05) is 6.07 Å². The first kappa shape index (κ1) is 16.9. The highest BCUT2D eigenvalue weighted by Crippen LogP contribution is 2.17. The Bertz CT molecular complexity index is 697. The maximum absolute atomic E-state index is 12.8. The van der Waals surface area contributed by atoms with Gasteiger partial charge >= 0.3 is 0 Å². The molecule has 0 spiro atoms. The largest absolute Gasteiger partial charge is 0.344 e. The van der Waals surface area contributed by atoms with E-state index in [0.717, 1.165) is 49.7 Å². The van der Waals surface area contributed by atoms with Crippen molar-refractivity contribution in [3.05, 3.63) is 58.9 Å². The fourth-order valence-electron chi connectivity index (χ4n) is 3.62. The first-order chi connectivity index (χ1) is 11.5. The lowest BCUT2D eigenvalue weighted by Crippen LogP contribution is -3.27. The summed E-state index contributed by atoms with van der Waals surface area (Å²) in [6.45, 7) is 10.1. The number of ketones is 1. The average Bonchev–Trinajstić information content (AvgIpc) is 2.86. The number of carbonyl (C=O) groups is 1. The zero-order valence-electron chi connectivity index (χ0n) is 15.1. The van der Waals surface area contributed by atoms with Gasteiger partial charge in [0.2, 0.25) is 5.78 Å². The van der Waals surface area contributed by atoms with E-state index in [-0.39, 0.29) is 5.78 Å². The van der Waals surface area contributed by atoms with Gasteiger partial charge in [-0.25, -0.2) is 0 Å². The summed E-state index contributed by atoms with van der Waals surface area (Å²) in [5.41, 5.74) is 4.44. The van der Waals surface area contributed by atoms with Crippen LogP contribution in [0.25, 0.3) is 0 Å². The Morgan fingerprint density at radius 1 is 1.08 bits per heavy atom. The summed E-state index contributed by atoms with van der Waals surface area (Å²) in [4.78, 5) is 15.8. The normalized spacial score (nSPS) is 21.0. The first-order valence-electron chi connectivity index (χ1n) is 8.93. The second kappa shape index (κ2) is 7.32. The lowest BCUT2D eigenvalue weighted by molar-refractivity contribution is -0.999. The second-order valence-electron chi connectivity index (χ2n) is 7.16. The van der Waals surface area contributed by atoms with Crippen LogP contribution in [-0.4, -0.2) is 50.1 Å². The monoisotopic (exact) mass is 327 g/mol. The van der Waals surface area contributed by atoms with Gasteiger partial charge in [0.05, 0.1) is 7.05 Å². The van der Waals surface area contributed by atoms with Crippen molar-refractivity contribution in [3.8, 4) is 0 Å². The molecule has 1 aromatic carbocycles. The van der Waals surface area contributed by atoms with Gasteiger partial charge in [-0.2, -0.15) is 0 Å². The molecule has 0 aliphatic carbocycles. The van der Waals surface area contributed by atoms with Crippen LogP contribution in [0.1, 0.15) is 27.3 Å². The lowest BCUT2D eigenvalue weighted by atomic mass is 10.1. The van der Waals surface area contributed by atoms with Gasteiger partial charge in [0, 0.05) is 23.5 Å². The summed E-state index contributed by atoms with van der Waals surface area (Å²) in [6, 6.07) is 12.5. The Morgan fingerprint density at radius 3 is 2.42 bits per heavy atom. The molecule has 2 N–H and O–H groups in total. The topological polar surface area (TPSA) is 30.9 Å². The molecule has 0 atom stereocenters. The maximum atomic E-state index is 12.8. The molecule has 0 unspecified atom stereocenters. The molecule has 3 rings (SSSR count). The molecule has 4 heteroatoms. The zero-order valence-corrected chi connectivity index (χ0v) is 15.1. The van der Waals surface area contributed by atoms with Crippen molar-refractivity contribution in [1.29, 1.82) is 0 Å². The summed E-state index contributed by atoms with van der Waals surface area (Å²) < 4.78 is 2.26. The van der Waals surface area contributed by atoms with Gasteiger partial charge in [-0.3, -0.25) is 4.79 Å². The van der Waals surface area contributed by atoms with E-state index in [1.54, 1.807) is 4.90 Å². The third-order valence-electron chi connectivity index (χ3n) is 5.28. The molecule has 4 nitrogen and oxygen atoms in total. The van der Waals surface area contributed by atoms with Crippen molar-refractivity contribution < 1.29 is 14.6 Å². The predicted octanol–water partition coefficient (Wildman–Crippen LogP) is -0.251. The second-order valence-corrected chi connectivity index (χ2v) is 7.16. The summed E-state index contributed by atoms with van der Waals surface area (Å²) in [5.74, 6) is 0.289. The molecule has 1 fully saturated rings. The van der Waals surface area contributed by atoms with Crippen molar-refractivity contribution >= 4 is 5.78 Å². The third-order valence-corrected chi connectivity index (χ3v) is 5.28. The number of aryl methyl sites for hydroxylation is 1. The molecule has 1 aromatic heterocycles. The Kier molecular flexibility index (Phi) is 5.17. The van der Waals surface area contributed by atoms with Gasteiger partial charge in [0.15, 0.2) is 0 Å². The van der Waals surface area contributed by atoms with Crippen LogP contribution >= 0.6 is 0 Å². The Hall–Kier alpha value is -1.91. The molecule has 1 aliphatic rings. The fourth-order valence-corrected chi connectivity index (χ4v) is 3.62. The number of carbonyl (C=O) groups excluding carboxylic acids is 1. The van der Waals surface area contributed by atoms with Crippen LogP contribution in [0.4, 0.5) is 0 Å². The predicted molar refractivity (Wildman–Crippen MR) is 96.0 cm³/mol. The number of hydrogen-bond acceptors (Lipinski definition) is 1. The number of benzene rings is 1. The minimum Gasteiger partial charge on any atom is -0.344 e. The molecule has 0 radical (unpaired) electrons. The molecule has 2 heterocycles. The number of hydrogen-bond donors (Lipinski definition) is 2. The van der Waals surface area contributed by atoms with Crippen LogP contribution < -0.4 is 9.80 Å². The molecule has 0 bridgehead atoms. The van der Waals surface area contributed by atoms with E-state index in [0.29, 0.717) is 6.54 Å². The molecule has 2 aromatic rings. The summed E-state index contributed by atoms with van der Waals surface area (Å²) >= 11 is 0. The van der Waals surface area contributed by atoms with Crippen molar-refractivity contribution in [2.75, 3.05) is 39.8 Å². The molecule has 0 amide bonds. The van der Waals surface area contributed by atoms with Crippen molar-refractivity contribution in [1.82, 2.24) is 4.57 Å². The number of piperazine rings is 1. The SMILES string of the molecule is Cc1cc(C(=O)C[NH+]2CC[NH+](C)CC2)c(C)n1Cc1ccccc1. The van der Waals surface area contributed by atoms with Crippen LogP contribution in [0.3, 0.4) is 0 Å². The van der Waals surface area contributed by atoms with Gasteiger partial charge in [0.25, 0.3) is 0 Å². The Labute approximate surface area is 144 Å². The summed E-state index contributed by atoms with van der Waals surface area (Å²) in [6.07, 6.45) is 0. The number of nitrogens with one attached hydrogen (secondary N) is 2. The quantitative estimate of drug-likeness (QED) is 0.729. The molecule has 1 saturated heterocycles. The Morgan fingerprint density at radius 2 is 1.75 bits per heavy atom. The number of rotatable bonds is 5. The van der Waals surface area contributed by atoms with E-state index >= 15 is 0 Å². The number of nitrogens with zero attached hydrogens (tertiary/aromatic N) is 1. The molecule has 1 aliphatic heterocycles. The molecule has 0 saturated carbocycles. The molecular formula is C20H29N3O+2. The summed E-state index contributed by atoms with van der Waals surface area (Å²) in [7, 11) is 2.23. The standard InChI is InChI=1S/C20H27N3O/c1-16-13-19(20(24)15-22-11-9-21(3)10-12-22)17(2)23(16)14-18-7-5-4-6-8-18/h4-8,13H,9-12,14-15H2,1-3H3/p+2. The fraction of sp³-hybridized carbons (Fsp3) is 0.450. The van der Waals surface area contributed by atoms with Gasteiger partial charge in [0.1, 0.15) is 32.7 Å². The van der Waals surface area contributed by atoms with Gasteiger partial charge in [-0.1, -0.05) is 30.3 Å². The molecular weight excluding hydrogens is 298 g/mol. The van der Waals surface area contributed by atoms with E-state index in [1.165, 1.54) is 10.5 Å². The number of aromatic nitrogens is 1. The van der Waals surface area contributed by atoms with Crippen molar-refractivity contribution in [3.63, 3.8) is 0 Å². The number of Topliss-reactive ketones (excluding diaryl/α,β-unsaturated/α-hetero) is 1. The van der Waals surface area contributed by atoms with Crippen molar-refractivity contribution in [2.45, 2.75) is 20.4 Å². The van der Waals surface area contributed by atoms with E-state index < -0.39 is 0 Å². The van der Waals surface area contributed by atoms with E-state index in [2.05, 4.69) is 55.8 Å². The van der Waals surface area contributed by atoms with Crippen LogP contribution in [-0.2, 0) is 6.54 Å². The number of likely N-dealkylation sites (N-methyl/N-ethyl adjacent to an activating group) is 1. The lowest BCUT2D eigenvalue weighted by Gasteiger charge is -2.26. The molecule has 128 valence electrons. The minimum atomic E-state index is 0.289. The van der Waals surface area contributed by atoms with Crippen LogP contribution in [0, 0.1) is 13.8 Å². The van der Waals surface area contributed by atoms with Crippen LogP contribution in [0.15, 0.2) is 36.4 Å². The van der Waals surface area contributed by atoms with Gasteiger partial charge < -0.3 is 14.4 Å². The number of quaternary nitrogens is 2. The third kappa shape index (κ3) is 3.77. The average molecular weight is 327 g/mol. The summed E-state index contributed by atoms with van der Waals surface area (Å²) in [5, 5.41) is 0. The highest BCUT2D eigenvalue weighted by Gasteiger charge is 2.25. The molecule has 24 heavy (non-hydrogen) atoms. The van der Waals surface area contributed by atoms with Crippen LogP contribution in [0.5, 0.6) is 0 Å². The zero-order chi connectivity index (χ0) is 17.1. The van der Waals surface area contributed by atoms with E-state index in [9.17, 15) is 4.79 Å². The van der Waals surface area contributed by atoms with Crippen LogP contribution in [0.2, 0.25) is 0 Å². The van der Waals surface area contributed by atoms with E-state index in [4.69, 9.17) is 0 Å². The van der Waals surface area contributed by atoms with Crippen molar-refractivity contribution in [2.24, 2.45) is 0 Å². The van der Waals surface area contributed by atoms with Gasteiger partial charge in [-0.05, 0) is 25.5 Å². The first-order valence-corrected chi connectivity index (χ1v) is 8.93. The minimum absolute atomic E-state index is 0.289. The highest BCUT2D eigenvalue weighted by atomic mass is 16.1. The highest BCUT2D eigenvalue weighted by molar-refractivity contribution is 5.98. The smallest absolute Gasteiger partial charge is 0.218 e. The van der Waals surface area contributed by atoms with Gasteiger partial charge in [-0.15, -0.1) is 0 Å². The Balaban J connectivity index is 1.72. The maximum Gasteiger partial charge on any atom is 0.218 e.